The predicted octanol–water partition coefficient (Wildman–Crippen LogP) is 2.88. The Labute approximate surface area is 130 Å². The Balaban J connectivity index is 1.62. The average Bonchev–Trinajstić information content (AvgIpc) is 3.04. The number of ether oxygens (including phenoxy) is 1. The monoisotopic (exact) mass is 311 g/mol. The molecule has 118 valence electrons. The lowest BCUT2D eigenvalue weighted by Gasteiger charge is -2.24. The van der Waals surface area contributed by atoms with Crippen LogP contribution in [0.3, 0.4) is 0 Å². The number of nitrogens with one attached hydrogen (secondary N) is 1. The molecular weight excluding hydrogens is 286 g/mol. The second kappa shape index (κ2) is 7.22. The summed E-state index contributed by atoms with van der Waals surface area (Å²) in [6, 6.07) is 0. The number of rotatable bonds is 5. The summed E-state index contributed by atoms with van der Waals surface area (Å²) in [5, 5.41) is 3.43. The molecule has 0 radical (unpaired) electrons. The third kappa shape index (κ3) is 5.63. The molecule has 0 aliphatic carbocycles. The van der Waals surface area contributed by atoms with E-state index in [0.29, 0.717) is 5.92 Å². The summed E-state index contributed by atoms with van der Waals surface area (Å²) < 4.78 is 5.41. The Morgan fingerprint density at radius 2 is 2.38 bits per heavy atom. The molecule has 1 aromatic heterocycles. The summed E-state index contributed by atoms with van der Waals surface area (Å²) in [4.78, 5) is 19.1. The van der Waals surface area contributed by atoms with E-state index in [1.807, 2.05) is 37.4 Å². The van der Waals surface area contributed by atoms with Gasteiger partial charge < -0.3 is 15.0 Å². The Kier molecular flexibility index (Phi) is 5.58. The SMILES string of the molecule is CC(C)(C)OC(=O)N1CCC(CCNCc2cncs2)C1. The van der Waals surface area contributed by atoms with Gasteiger partial charge in [0.15, 0.2) is 0 Å². The molecule has 1 aliphatic rings. The van der Waals surface area contributed by atoms with Crippen LogP contribution < -0.4 is 5.32 Å². The minimum absolute atomic E-state index is 0.178. The van der Waals surface area contributed by atoms with Crippen LogP contribution in [0.1, 0.15) is 38.5 Å². The van der Waals surface area contributed by atoms with E-state index >= 15 is 0 Å². The maximum absolute atomic E-state index is 12.0. The van der Waals surface area contributed by atoms with E-state index in [1.165, 1.54) is 4.88 Å². The Bertz CT molecular complexity index is 442. The maximum atomic E-state index is 12.0. The van der Waals surface area contributed by atoms with Crippen molar-refractivity contribution in [3.8, 4) is 0 Å². The van der Waals surface area contributed by atoms with Crippen LogP contribution in [0.25, 0.3) is 0 Å². The van der Waals surface area contributed by atoms with Crippen LogP contribution in [0.5, 0.6) is 0 Å². The van der Waals surface area contributed by atoms with Gasteiger partial charge in [0.2, 0.25) is 0 Å². The number of thiazole rings is 1. The van der Waals surface area contributed by atoms with Gasteiger partial charge >= 0.3 is 6.09 Å². The van der Waals surface area contributed by atoms with Gasteiger partial charge in [0.1, 0.15) is 5.60 Å². The molecule has 0 bridgehead atoms. The van der Waals surface area contributed by atoms with Crippen molar-refractivity contribution in [1.29, 1.82) is 0 Å². The van der Waals surface area contributed by atoms with E-state index < -0.39 is 5.60 Å². The Morgan fingerprint density at radius 3 is 3.05 bits per heavy atom. The van der Waals surface area contributed by atoms with E-state index in [-0.39, 0.29) is 6.09 Å². The van der Waals surface area contributed by atoms with Gasteiger partial charge in [-0.15, -0.1) is 11.3 Å². The number of nitrogens with zero attached hydrogens (tertiary/aromatic N) is 2. The summed E-state index contributed by atoms with van der Waals surface area (Å²) in [7, 11) is 0. The zero-order chi connectivity index (χ0) is 15.3. The van der Waals surface area contributed by atoms with Crippen molar-refractivity contribution in [1.82, 2.24) is 15.2 Å². The number of hydrogen-bond acceptors (Lipinski definition) is 5. The third-order valence-corrected chi connectivity index (χ3v) is 4.23. The standard InChI is InChI=1S/C15H25N3O2S/c1-15(2,3)20-14(19)18-7-5-12(10-18)4-6-16-8-13-9-17-11-21-13/h9,11-12,16H,4-8,10H2,1-3H3. The van der Waals surface area contributed by atoms with Crippen molar-refractivity contribution in [2.75, 3.05) is 19.6 Å². The van der Waals surface area contributed by atoms with Crippen molar-refractivity contribution < 1.29 is 9.53 Å². The van der Waals surface area contributed by atoms with Gasteiger partial charge in [-0.1, -0.05) is 0 Å². The molecule has 6 heteroatoms. The number of carbonyl (C=O) groups excluding carboxylic acids is 1. The molecule has 1 N–H and O–H groups in total. The molecular formula is C15H25N3O2S. The summed E-state index contributed by atoms with van der Waals surface area (Å²) in [5.41, 5.74) is 1.44. The quantitative estimate of drug-likeness (QED) is 0.850. The predicted molar refractivity (Wildman–Crippen MR) is 84.4 cm³/mol. The molecule has 0 aromatic carbocycles. The van der Waals surface area contributed by atoms with Crippen LogP contribution in [0.2, 0.25) is 0 Å². The number of amides is 1. The molecule has 1 aromatic rings. The minimum Gasteiger partial charge on any atom is -0.444 e. The average molecular weight is 311 g/mol. The molecule has 2 rings (SSSR count). The summed E-state index contributed by atoms with van der Waals surface area (Å²) in [6.45, 7) is 9.20. The van der Waals surface area contributed by atoms with Gasteiger partial charge in [-0.3, -0.25) is 4.98 Å². The fourth-order valence-corrected chi connectivity index (χ4v) is 2.97. The number of hydrogen-bond donors (Lipinski definition) is 1. The molecule has 1 fully saturated rings. The molecule has 1 atom stereocenters. The lowest BCUT2D eigenvalue weighted by molar-refractivity contribution is 0.0287. The zero-order valence-corrected chi connectivity index (χ0v) is 13.9. The molecule has 0 saturated carbocycles. The van der Waals surface area contributed by atoms with Crippen LogP contribution >= 0.6 is 11.3 Å². The largest absolute Gasteiger partial charge is 0.444 e. The van der Waals surface area contributed by atoms with Crippen molar-refractivity contribution in [2.45, 2.75) is 45.8 Å². The maximum Gasteiger partial charge on any atom is 0.410 e. The highest BCUT2D eigenvalue weighted by molar-refractivity contribution is 7.09. The van der Waals surface area contributed by atoms with Gasteiger partial charge in [0, 0.05) is 30.7 Å². The first kappa shape index (κ1) is 16.2. The molecule has 1 aliphatic heterocycles. The second-order valence-corrected chi connectivity index (χ2v) is 7.49. The van der Waals surface area contributed by atoms with Crippen LogP contribution in [0, 0.1) is 5.92 Å². The molecule has 2 heterocycles. The topological polar surface area (TPSA) is 54.5 Å². The molecule has 21 heavy (non-hydrogen) atoms. The highest BCUT2D eigenvalue weighted by Gasteiger charge is 2.29. The summed E-state index contributed by atoms with van der Waals surface area (Å²) in [6.07, 6.45) is 3.89. The normalized spacial score (nSPS) is 19.0. The lowest BCUT2D eigenvalue weighted by atomic mass is 10.1. The molecule has 1 amide bonds. The van der Waals surface area contributed by atoms with Gasteiger partial charge in [-0.05, 0) is 46.1 Å². The van der Waals surface area contributed by atoms with E-state index in [0.717, 1.165) is 39.0 Å². The Morgan fingerprint density at radius 1 is 1.57 bits per heavy atom. The minimum atomic E-state index is -0.411. The third-order valence-electron chi connectivity index (χ3n) is 3.45. The fourth-order valence-electron chi connectivity index (χ4n) is 2.41. The first-order valence-electron chi connectivity index (χ1n) is 7.50. The summed E-state index contributed by atoms with van der Waals surface area (Å²) in [5.74, 6) is 0.575. The van der Waals surface area contributed by atoms with Gasteiger partial charge in [-0.25, -0.2) is 4.79 Å². The first-order valence-corrected chi connectivity index (χ1v) is 8.38. The molecule has 5 nitrogen and oxygen atoms in total. The smallest absolute Gasteiger partial charge is 0.410 e. The molecule has 1 unspecified atom stereocenters. The molecule has 1 saturated heterocycles. The van der Waals surface area contributed by atoms with Gasteiger partial charge in [0.25, 0.3) is 0 Å². The Hall–Kier alpha value is -1.14. The number of likely N-dealkylation sites (tertiary alicyclic amines) is 1. The van der Waals surface area contributed by atoms with Crippen LogP contribution in [0.4, 0.5) is 4.79 Å². The van der Waals surface area contributed by atoms with Crippen molar-refractivity contribution in [3.63, 3.8) is 0 Å². The number of carbonyl (C=O) groups is 1. The van der Waals surface area contributed by atoms with E-state index in [4.69, 9.17) is 4.74 Å². The van der Waals surface area contributed by atoms with Crippen molar-refractivity contribution in [3.05, 3.63) is 16.6 Å². The van der Waals surface area contributed by atoms with E-state index in [9.17, 15) is 4.79 Å². The lowest BCUT2D eigenvalue weighted by Crippen LogP contribution is -2.35. The zero-order valence-electron chi connectivity index (χ0n) is 13.1. The van der Waals surface area contributed by atoms with E-state index in [2.05, 4.69) is 10.3 Å². The van der Waals surface area contributed by atoms with Crippen LogP contribution in [-0.4, -0.2) is 41.2 Å². The highest BCUT2D eigenvalue weighted by Crippen LogP contribution is 2.21. The van der Waals surface area contributed by atoms with Crippen molar-refractivity contribution >= 4 is 17.4 Å². The van der Waals surface area contributed by atoms with Crippen molar-refractivity contribution in [2.24, 2.45) is 5.92 Å². The van der Waals surface area contributed by atoms with Crippen LogP contribution in [0.15, 0.2) is 11.7 Å². The molecule has 0 spiro atoms. The second-order valence-electron chi connectivity index (χ2n) is 6.51. The van der Waals surface area contributed by atoms with Crippen LogP contribution in [-0.2, 0) is 11.3 Å². The van der Waals surface area contributed by atoms with Gasteiger partial charge in [-0.2, -0.15) is 0 Å². The first-order chi connectivity index (χ1) is 9.94. The van der Waals surface area contributed by atoms with Gasteiger partial charge in [0.05, 0.1) is 5.51 Å². The highest BCUT2D eigenvalue weighted by atomic mass is 32.1. The van der Waals surface area contributed by atoms with E-state index in [1.54, 1.807) is 11.3 Å². The number of aromatic nitrogens is 1. The fraction of sp³-hybridized carbons (Fsp3) is 0.733. The summed E-state index contributed by atoms with van der Waals surface area (Å²) >= 11 is 1.67.